The Morgan fingerprint density at radius 2 is 1.60 bits per heavy atom. The van der Waals surface area contributed by atoms with Gasteiger partial charge in [0.25, 0.3) is 5.91 Å². The highest BCUT2D eigenvalue weighted by atomic mass is 16.3. The third kappa shape index (κ3) is 4.44. The van der Waals surface area contributed by atoms with E-state index >= 15 is 0 Å². The van der Waals surface area contributed by atoms with Crippen LogP contribution in [0, 0.1) is 5.92 Å². The summed E-state index contributed by atoms with van der Waals surface area (Å²) < 4.78 is 0. The van der Waals surface area contributed by atoms with Gasteiger partial charge in [-0.15, -0.1) is 0 Å². The number of nitrogens with zero attached hydrogens (tertiary/aromatic N) is 1. The maximum atomic E-state index is 12.0. The summed E-state index contributed by atoms with van der Waals surface area (Å²) in [6.07, 6.45) is 1.94. The lowest BCUT2D eigenvalue weighted by molar-refractivity contribution is -0.117. The van der Waals surface area contributed by atoms with Crippen molar-refractivity contribution < 1.29 is 14.7 Å². The Bertz CT molecular complexity index is 807. The zero-order chi connectivity index (χ0) is 17.8. The summed E-state index contributed by atoms with van der Waals surface area (Å²) in [6, 6.07) is 13.2. The summed E-state index contributed by atoms with van der Waals surface area (Å²) in [7, 11) is 0. The van der Waals surface area contributed by atoms with Gasteiger partial charge in [0.05, 0.1) is 5.71 Å². The van der Waals surface area contributed by atoms with Gasteiger partial charge in [0.2, 0.25) is 5.91 Å². The zero-order valence-corrected chi connectivity index (χ0v) is 13.8. The minimum atomic E-state index is -0.354. The van der Waals surface area contributed by atoms with Gasteiger partial charge in [0.1, 0.15) is 5.75 Å². The molecule has 1 aliphatic rings. The first kappa shape index (κ1) is 16.7. The first-order valence-corrected chi connectivity index (χ1v) is 8.08. The lowest BCUT2D eigenvalue weighted by Gasteiger charge is -2.06. The first-order valence-electron chi connectivity index (χ1n) is 8.08. The topological polar surface area (TPSA) is 90.8 Å². The lowest BCUT2D eigenvalue weighted by atomic mass is 10.1. The highest BCUT2D eigenvalue weighted by Crippen LogP contribution is 2.30. The summed E-state index contributed by atoms with van der Waals surface area (Å²) in [5.74, 6) is -0.0184. The molecule has 6 heteroatoms. The van der Waals surface area contributed by atoms with Crippen molar-refractivity contribution >= 4 is 23.2 Å². The van der Waals surface area contributed by atoms with Crippen LogP contribution in [0.3, 0.4) is 0 Å². The van der Waals surface area contributed by atoms with Crippen LogP contribution in [0.5, 0.6) is 5.75 Å². The van der Waals surface area contributed by atoms with E-state index in [1.165, 1.54) is 24.3 Å². The number of aromatic hydroxyl groups is 1. The van der Waals surface area contributed by atoms with Crippen LogP contribution in [0.1, 0.15) is 35.7 Å². The molecule has 0 bridgehead atoms. The number of benzene rings is 2. The average molecular weight is 337 g/mol. The molecule has 1 saturated carbocycles. The molecule has 1 aliphatic carbocycles. The van der Waals surface area contributed by atoms with Gasteiger partial charge in [-0.05, 0) is 61.7 Å². The van der Waals surface area contributed by atoms with E-state index in [4.69, 9.17) is 0 Å². The van der Waals surface area contributed by atoms with E-state index in [1.807, 2.05) is 24.3 Å². The van der Waals surface area contributed by atoms with Gasteiger partial charge in [-0.3, -0.25) is 9.59 Å². The van der Waals surface area contributed by atoms with Crippen LogP contribution in [0.25, 0.3) is 0 Å². The zero-order valence-electron chi connectivity index (χ0n) is 13.8. The van der Waals surface area contributed by atoms with Crippen molar-refractivity contribution in [2.75, 3.05) is 5.32 Å². The Morgan fingerprint density at radius 3 is 2.20 bits per heavy atom. The maximum absolute atomic E-state index is 12.0. The van der Waals surface area contributed by atoms with Gasteiger partial charge in [-0.2, -0.15) is 5.10 Å². The van der Waals surface area contributed by atoms with Gasteiger partial charge in [0, 0.05) is 17.2 Å². The molecule has 0 unspecified atom stereocenters. The molecule has 128 valence electrons. The highest BCUT2D eigenvalue weighted by Gasteiger charge is 2.29. The largest absolute Gasteiger partial charge is 0.508 e. The molecule has 0 aliphatic heterocycles. The predicted molar refractivity (Wildman–Crippen MR) is 95.6 cm³/mol. The summed E-state index contributed by atoms with van der Waals surface area (Å²) in [6.45, 7) is 1.79. The Labute approximate surface area is 145 Å². The normalized spacial score (nSPS) is 14.0. The molecule has 0 aromatic heterocycles. The van der Waals surface area contributed by atoms with Crippen molar-refractivity contribution in [3.63, 3.8) is 0 Å². The third-order valence-corrected chi connectivity index (χ3v) is 3.97. The molecule has 1 fully saturated rings. The second kappa shape index (κ2) is 7.17. The quantitative estimate of drug-likeness (QED) is 0.579. The number of rotatable bonds is 5. The van der Waals surface area contributed by atoms with Crippen molar-refractivity contribution in [1.29, 1.82) is 0 Å². The standard InChI is InChI=1S/C19H19N3O3/c1-12(21-22-19(25)15-6-10-17(23)11-7-15)13-4-8-16(9-5-13)20-18(24)14-2-3-14/h4-11,14,23H,2-3H2,1H3,(H,20,24)(H,22,25)/b21-12-. The number of phenolic OH excluding ortho intramolecular Hbond substituents is 1. The predicted octanol–water partition coefficient (Wildman–Crippen LogP) is 2.89. The molecule has 0 radical (unpaired) electrons. The molecule has 3 rings (SSSR count). The summed E-state index contributed by atoms with van der Waals surface area (Å²) in [5.41, 5.74) is 5.13. The van der Waals surface area contributed by atoms with Crippen molar-refractivity contribution in [1.82, 2.24) is 5.43 Å². The molecule has 0 spiro atoms. The third-order valence-electron chi connectivity index (χ3n) is 3.97. The van der Waals surface area contributed by atoms with Crippen LogP contribution in [0.2, 0.25) is 0 Å². The second-order valence-corrected chi connectivity index (χ2v) is 6.03. The second-order valence-electron chi connectivity index (χ2n) is 6.03. The van der Waals surface area contributed by atoms with Crippen LogP contribution in [0.15, 0.2) is 53.6 Å². The molecule has 0 heterocycles. The van der Waals surface area contributed by atoms with Gasteiger partial charge in [-0.25, -0.2) is 5.43 Å². The maximum Gasteiger partial charge on any atom is 0.271 e. The monoisotopic (exact) mass is 337 g/mol. The Hall–Kier alpha value is -3.15. The smallest absolute Gasteiger partial charge is 0.271 e. The molecule has 2 aromatic carbocycles. The number of amides is 2. The minimum Gasteiger partial charge on any atom is -0.508 e. The van der Waals surface area contributed by atoms with E-state index in [1.54, 1.807) is 6.92 Å². The Morgan fingerprint density at radius 1 is 1.00 bits per heavy atom. The molecule has 0 saturated heterocycles. The van der Waals surface area contributed by atoms with Gasteiger partial charge < -0.3 is 10.4 Å². The van der Waals surface area contributed by atoms with Crippen molar-refractivity contribution in [3.8, 4) is 5.75 Å². The molecule has 2 aromatic rings. The average Bonchev–Trinajstić information content (AvgIpc) is 3.46. The molecular weight excluding hydrogens is 318 g/mol. The van der Waals surface area contributed by atoms with E-state index in [0.29, 0.717) is 11.3 Å². The van der Waals surface area contributed by atoms with E-state index in [0.717, 1.165) is 24.1 Å². The van der Waals surface area contributed by atoms with Crippen molar-refractivity contribution in [2.45, 2.75) is 19.8 Å². The van der Waals surface area contributed by atoms with Crippen LogP contribution in [0.4, 0.5) is 5.69 Å². The van der Waals surface area contributed by atoms with Crippen LogP contribution in [-0.4, -0.2) is 22.6 Å². The number of hydrogen-bond acceptors (Lipinski definition) is 4. The van der Waals surface area contributed by atoms with E-state index in [2.05, 4.69) is 15.8 Å². The van der Waals surface area contributed by atoms with Crippen LogP contribution >= 0.6 is 0 Å². The number of carbonyl (C=O) groups excluding carboxylic acids is 2. The summed E-state index contributed by atoms with van der Waals surface area (Å²) >= 11 is 0. The SMILES string of the molecule is C/C(=N/NC(=O)c1ccc(O)cc1)c1ccc(NC(=O)C2CC2)cc1. The molecule has 6 nitrogen and oxygen atoms in total. The number of hydrazone groups is 1. The number of carbonyl (C=O) groups is 2. The van der Waals surface area contributed by atoms with Crippen molar-refractivity contribution in [2.24, 2.45) is 11.0 Å². The van der Waals surface area contributed by atoms with E-state index in [9.17, 15) is 14.7 Å². The van der Waals surface area contributed by atoms with Gasteiger partial charge in [-0.1, -0.05) is 12.1 Å². The molecule has 2 amide bonds. The summed E-state index contributed by atoms with van der Waals surface area (Å²) in [4.78, 5) is 23.7. The highest BCUT2D eigenvalue weighted by molar-refractivity contribution is 6.01. The van der Waals surface area contributed by atoms with Crippen LogP contribution in [-0.2, 0) is 4.79 Å². The molecule has 3 N–H and O–H groups in total. The van der Waals surface area contributed by atoms with Gasteiger partial charge in [0.15, 0.2) is 0 Å². The summed E-state index contributed by atoms with van der Waals surface area (Å²) in [5, 5.41) is 16.2. The fourth-order valence-electron chi connectivity index (χ4n) is 2.26. The Kier molecular flexibility index (Phi) is 4.79. The minimum absolute atomic E-state index is 0.0688. The first-order chi connectivity index (χ1) is 12.0. The fraction of sp³-hybridized carbons (Fsp3) is 0.211. The number of phenols is 1. The lowest BCUT2D eigenvalue weighted by Crippen LogP contribution is -2.19. The molecule has 25 heavy (non-hydrogen) atoms. The Balaban J connectivity index is 1.60. The fourth-order valence-corrected chi connectivity index (χ4v) is 2.26. The van der Waals surface area contributed by atoms with E-state index < -0.39 is 0 Å². The van der Waals surface area contributed by atoms with Gasteiger partial charge >= 0.3 is 0 Å². The number of hydrogen-bond donors (Lipinski definition) is 3. The number of nitrogens with one attached hydrogen (secondary N) is 2. The molecule has 0 atom stereocenters. The van der Waals surface area contributed by atoms with Crippen molar-refractivity contribution in [3.05, 3.63) is 59.7 Å². The number of anilines is 1. The van der Waals surface area contributed by atoms with Crippen LogP contribution < -0.4 is 10.7 Å². The molecular formula is C19H19N3O3. The van der Waals surface area contributed by atoms with E-state index in [-0.39, 0.29) is 23.5 Å².